The molecule has 1 saturated heterocycles. The van der Waals surface area contributed by atoms with Crippen molar-refractivity contribution in [3.05, 3.63) is 28.8 Å². The molecule has 1 aliphatic rings. The Morgan fingerprint density at radius 1 is 1.39 bits per heavy atom. The lowest BCUT2D eigenvalue weighted by atomic mass is 9.97. The molecule has 3 nitrogen and oxygen atoms in total. The van der Waals surface area contributed by atoms with Gasteiger partial charge in [0.15, 0.2) is 0 Å². The van der Waals surface area contributed by atoms with E-state index in [4.69, 9.17) is 22.1 Å². The molecule has 0 radical (unpaired) electrons. The molecular weight excluding hydrogens is 248 g/mol. The molecule has 0 aliphatic carbocycles. The predicted molar refractivity (Wildman–Crippen MR) is 75.7 cm³/mol. The van der Waals surface area contributed by atoms with Gasteiger partial charge in [0, 0.05) is 31.0 Å². The summed E-state index contributed by atoms with van der Waals surface area (Å²) in [6.45, 7) is 4.04. The van der Waals surface area contributed by atoms with Crippen LogP contribution in [0, 0.1) is 5.92 Å². The zero-order chi connectivity index (χ0) is 13.0. The van der Waals surface area contributed by atoms with Gasteiger partial charge in [0.1, 0.15) is 0 Å². The third-order valence-corrected chi connectivity index (χ3v) is 3.93. The summed E-state index contributed by atoms with van der Waals surface area (Å²) in [7, 11) is 1.78. The van der Waals surface area contributed by atoms with Crippen LogP contribution in [0.3, 0.4) is 0 Å². The van der Waals surface area contributed by atoms with Crippen LogP contribution in [0.2, 0.25) is 5.02 Å². The molecule has 4 heteroatoms. The zero-order valence-corrected chi connectivity index (χ0v) is 11.6. The van der Waals surface area contributed by atoms with Gasteiger partial charge in [-0.1, -0.05) is 17.7 Å². The number of ether oxygens (including phenoxy) is 1. The molecule has 0 saturated carbocycles. The van der Waals surface area contributed by atoms with Crippen molar-refractivity contribution in [2.45, 2.75) is 19.4 Å². The molecule has 1 fully saturated rings. The summed E-state index contributed by atoms with van der Waals surface area (Å²) >= 11 is 6.20. The van der Waals surface area contributed by atoms with E-state index < -0.39 is 0 Å². The van der Waals surface area contributed by atoms with Crippen molar-refractivity contribution in [3.8, 4) is 0 Å². The smallest absolute Gasteiger partial charge is 0.0491 e. The maximum absolute atomic E-state index is 6.20. The van der Waals surface area contributed by atoms with Crippen LogP contribution in [0.4, 0.5) is 5.69 Å². The minimum atomic E-state index is 0.716. The molecule has 100 valence electrons. The van der Waals surface area contributed by atoms with Crippen LogP contribution in [-0.4, -0.2) is 31.7 Å². The normalized spacial score (nSPS) is 18.1. The SMILES string of the molecule is COCC1CCN(Cc2ccc(N)cc2Cl)CC1. The molecule has 0 atom stereocenters. The van der Waals surface area contributed by atoms with E-state index in [-0.39, 0.29) is 0 Å². The first kappa shape index (κ1) is 13.7. The number of hydrogen-bond acceptors (Lipinski definition) is 3. The van der Waals surface area contributed by atoms with Crippen LogP contribution in [0.5, 0.6) is 0 Å². The summed E-state index contributed by atoms with van der Waals surface area (Å²) in [6, 6.07) is 5.77. The second-order valence-corrected chi connectivity index (χ2v) is 5.43. The minimum Gasteiger partial charge on any atom is -0.399 e. The molecular formula is C14H21ClN2O. The Bertz CT molecular complexity index is 389. The Labute approximate surface area is 114 Å². The molecule has 0 unspecified atom stereocenters. The lowest BCUT2D eigenvalue weighted by molar-refractivity contribution is 0.0968. The van der Waals surface area contributed by atoms with E-state index in [2.05, 4.69) is 4.90 Å². The molecule has 2 N–H and O–H groups in total. The largest absolute Gasteiger partial charge is 0.399 e. The number of rotatable bonds is 4. The van der Waals surface area contributed by atoms with Gasteiger partial charge in [0.2, 0.25) is 0 Å². The van der Waals surface area contributed by atoms with Gasteiger partial charge < -0.3 is 10.5 Å². The molecule has 1 aliphatic heterocycles. The summed E-state index contributed by atoms with van der Waals surface area (Å²) in [6.07, 6.45) is 2.42. The first-order valence-electron chi connectivity index (χ1n) is 6.44. The summed E-state index contributed by atoms with van der Waals surface area (Å²) in [5.74, 6) is 0.716. The van der Waals surface area contributed by atoms with Gasteiger partial charge in [-0.3, -0.25) is 4.90 Å². The topological polar surface area (TPSA) is 38.5 Å². The second kappa shape index (κ2) is 6.41. The van der Waals surface area contributed by atoms with Crippen LogP contribution >= 0.6 is 11.6 Å². The molecule has 1 aromatic carbocycles. The van der Waals surface area contributed by atoms with Crippen molar-refractivity contribution >= 4 is 17.3 Å². The zero-order valence-electron chi connectivity index (χ0n) is 10.9. The van der Waals surface area contributed by atoms with Crippen LogP contribution in [0.25, 0.3) is 0 Å². The highest BCUT2D eigenvalue weighted by Crippen LogP contribution is 2.24. The fourth-order valence-electron chi connectivity index (χ4n) is 2.48. The van der Waals surface area contributed by atoms with Gasteiger partial charge >= 0.3 is 0 Å². The number of piperidine rings is 1. The van der Waals surface area contributed by atoms with Gasteiger partial charge in [-0.15, -0.1) is 0 Å². The second-order valence-electron chi connectivity index (χ2n) is 5.03. The Morgan fingerprint density at radius 3 is 2.72 bits per heavy atom. The monoisotopic (exact) mass is 268 g/mol. The number of likely N-dealkylation sites (tertiary alicyclic amines) is 1. The van der Waals surface area contributed by atoms with E-state index in [1.165, 1.54) is 12.8 Å². The molecule has 2 rings (SSSR count). The molecule has 0 spiro atoms. The minimum absolute atomic E-state index is 0.716. The van der Waals surface area contributed by atoms with Crippen molar-refractivity contribution in [2.75, 3.05) is 32.5 Å². The van der Waals surface area contributed by atoms with E-state index in [1.807, 2.05) is 18.2 Å². The summed E-state index contributed by atoms with van der Waals surface area (Å²) in [5.41, 5.74) is 7.59. The molecule has 0 bridgehead atoms. The van der Waals surface area contributed by atoms with E-state index in [1.54, 1.807) is 7.11 Å². The average Bonchev–Trinajstić information content (AvgIpc) is 2.35. The third kappa shape index (κ3) is 3.61. The number of methoxy groups -OCH3 is 1. The third-order valence-electron chi connectivity index (χ3n) is 3.58. The molecule has 1 heterocycles. The van der Waals surface area contributed by atoms with Gasteiger partial charge in [-0.25, -0.2) is 0 Å². The number of nitrogens with zero attached hydrogens (tertiary/aromatic N) is 1. The van der Waals surface area contributed by atoms with Crippen molar-refractivity contribution in [2.24, 2.45) is 5.92 Å². The number of nitrogens with two attached hydrogens (primary N) is 1. The van der Waals surface area contributed by atoms with E-state index in [0.29, 0.717) is 5.92 Å². The number of halogens is 1. The number of benzene rings is 1. The standard InChI is InChI=1S/C14H21ClN2O/c1-18-10-11-4-6-17(7-5-11)9-12-2-3-13(16)8-14(12)15/h2-3,8,11H,4-7,9-10,16H2,1H3. The van der Waals surface area contributed by atoms with E-state index in [9.17, 15) is 0 Å². The van der Waals surface area contributed by atoms with Gasteiger partial charge in [0.25, 0.3) is 0 Å². The number of nitrogen functional groups attached to an aromatic ring is 1. The summed E-state index contributed by atoms with van der Waals surface area (Å²) in [5, 5.41) is 0.772. The van der Waals surface area contributed by atoms with Gasteiger partial charge in [-0.05, 0) is 49.5 Å². The lowest BCUT2D eigenvalue weighted by Crippen LogP contribution is -2.34. The van der Waals surface area contributed by atoms with Crippen molar-refractivity contribution in [1.29, 1.82) is 0 Å². The molecule has 1 aromatic rings. The fraction of sp³-hybridized carbons (Fsp3) is 0.571. The van der Waals surface area contributed by atoms with Gasteiger partial charge in [-0.2, -0.15) is 0 Å². The highest BCUT2D eigenvalue weighted by Gasteiger charge is 2.19. The maximum atomic E-state index is 6.20. The highest BCUT2D eigenvalue weighted by molar-refractivity contribution is 6.31. The average molecular weight is 269 g/mol. The summed E-state index contributed by atoms with van der Waals surface area (Å²) in [4.78, 5) is 2.45. The van der Waals surface area contributed by atoms with Crippen LogP contribution < -0.4 is 5.73 Å². The molecule has 0 aromatic heterocycles. The van der Waals surface area contributed by atoms with Crippen molar-refractivity contribution in [1.82, 2.24) is 4.90 Å². The highest BCUT2D eigenvalue weighted by atomic mass is 35.5. The molecule has 18 heavy (non-hydrogen) atoms. The Hall–Kier alpha value is -0.770. The van der Waals surface area contributed by atoms with Crippen molar-refractivity contribution in [3.63, 3.8) is 0 Å². The predicted octanol–water partition coefficient (Wildman–Crippen LogP) is 2.78. The van der Waals surface area contributed by atoms with Crippen LogP contribution in [0.15, 0.2) is 18.2 Å². The van der Waals surface area contributed by atoms with E-state index in [0.717, 1.165) is 42.5 Å². The number of anilines is 1. The van der Waals surface area contributed by atoms with Crippen LogP contribution in [0.1, 0.15) is 18.4 Å². The Balaban J connectivity index is 1.87. The van der Waals surface area contributed by atoms with E-state index >= 15 is 0 Å². The Morgan fingerprint density at radius 2 is 2.11 bits per heavy atom. The van der Waals surface area contributed by atoms with Crippen molar-refractivity contribution < 1.29 is 4.74 Å². The first-order chi connectivity index (χ1) is 8.69. The maximum Gasteiger partial charge on any atom is 0.0491 e. The Kier molecular flexibility index (Phi) is 4.87. The van der Waals surface area contributed by atoms with Gasteiger partial charge in [0.05, 0.1) is 0 Å². The quantitative estimate of drug-likeness (QED) is 0.854. The fourth-order valence-corrected chi connectivity index (χ4v) is 2.73. The first-order valence-corrected chi connectivity index (χ1v) is 6.82. The molecule has 0 amide bonds. The van der Waals surface area contributed by atoms with Crippen LogP contribution in [-0.2, 0) is 11.3 Å². The lowest BCUT2D eigenvalue weighted by Gasteiger charge is -2.31. The summed E-state index contributed by atoms with van der Waals surface area (Å²) < 4.78 is 5.21. The number of hydrogen-bond donors (Lipinski definition) is 1.